The standard InChI is InChI=1S/C16H26N2O5/c1-2-7-17-13(19)4-3-5-14(20)18-9-12-10-23-8-6-16(12,11-18)15(21)22/h12H,2-11H2,1H3,(H,17,19)(H,21,22)/t12-,16+/m0/s1. The molecule has 2 atom stereocenters. The molecule has 0 aromatic heterocycles. The minimum Gasteiger partial charge on any atom is -0.481 e. The lowest BCUT2D eigenvalue weighted by Crippen LogP contribution is -2.45. The number of carboxylic acid groups (broad SMARTS) is 1. The van der Waals surface area contributed by atoms with E-state index in [1.165, 1.54) is 0 Å². The molecular formula is C16H26N2O5. The zero-order valence-electron chi connectivity index (χ0n) is 13.7. The number of hydrogen-bond acceptors (Lipinski definition) is 4. The number of carboxylic acids is 1. The molecule has 0 aliphatic carbocycles. The maximum atomic E-state index is 12.3. The van der Waals surface area contributed by atoms with Crippen LogP contribution in [-0.2, 0) is 19.1 Å². The van der Waals surface area contributed by atoms with Crippen LogP contribution in [0.3, 0.4) is 0 Å². The summed E-state index contributed by atoms with van der Waals surface area (Å²) in [4.78, 5) is 37.1. The summed E-state index contributed by atoms with van der Waals surface area (Å²) in [5.74, 6) is -1.07. The molecule has 2 aliphatic rings. The Hall–Kier alpha value is -1.63. The number of aliphatic carboxylic acids is 1. The second kappa shape index (κ2) is 7.77. The summed E-state index contributed by atoms with van der Waals surface area (Å²) in [6.45, 7) is 4.17. The molecule has 2 heterocycles. The molecule has 2 amide bonds. The van der Waals surface area contributed by atoms with Crippen LogP contribution in [0.15, 0.2) is 0 Å². The molecule has 0 unspecified atom stereocenters. The first-order chi connectivity index (χ1) is 11.0. The average Bonchev–Trinajstić information content (AvgIpc) is 2.94. The first-order valence-electron chi connectivity index (χ1n) is 8.35. The highest BCUT2D eigenvalue weighted by Gasteiger charge is 2.54. The number of amides is 2. The van der Waals surface area contributed by atoms with Crippen molar-refractivity contribution < 1.29 is 24.2 Å². The highest BCUT2D eigenvalue weighted by Crippen LogP contribution is 2.42. The lowest BCUT2D eigenvalue weighted by molar-refractivity contribution is -0.157. The van der Waals surface area contributed by atoms with Gasteiger partial charge in [0.1, 0.15) is 0 Å². The van der Waals surface area contributed by atoms with Crippen LogP contribution in [0.4, 0.5) is 0 Å². The van der Waals surface area contributed by atoms with E-state index in [4.69, 9.17) is 4.74 Å². The molecule has 2 N–H and O–H groups in total. The van der Waals surface area contributed by atoms with Crippen LogP contribution >= 0.6 is 0 Å². The van der Waals surface area contributed by atoms with Crippen LogP contribution in [0, 0.1) is 11.3 Å². The van der Waals surface area contributed by atoms with Gasteiger partial charge in [-0.05, 0) is 19.3 Å². The van der Waals surface area contributed by atoms with Crippen molar-refractivity contribution in [1.82, 2.24) is 10.2 Å². The van der Waals surface area contributed by atoms with Gasteiger partial charge in [0.25, 0.3) is 0 Å². The number of carbonyl (C=O) groups excluding carboxylic acids is 2. The first kappa shape index (κ1) is 17.7. The Bertz CT molecular complexity index is 467. The van der Waals surface area contributed by atoms with E-state index < -0.39 is 11.4 Å². The van der Waals surface area contributed by atoms with Crippen molar-refractivity contribution in [2.75, 3.05) is 32.8 Å². The number of hydrogen-bond donors (Lipinski definition) is 2. The minimum absolute atomic E-state index is 0.0369. The van der Waals surface area contributed by atoms with Gasteiger partial charge >= 0.3 is 5.97 Å². The molecule has 0 aromatic carbocycles. The first-order valence-corrected chi connectivity index (χ1v) is 8.35. The van der Waals surface area contributed by atoms with Gasteiger partial charge in [-0.2, -0.15) is 0 Å². The third-order valence-electron chi connectivity index (χ3n) is 4.85. The van der Waals surface area contributed by atoms with Crippen molar-refractivity contribution in [3.63, 3.8) is 0 Å². The van der Waals surface area contributed by atoms with E-state index in [-0.39, 0.29) is 30.7 Å². The number of rotatable bonds is 7. The second-order valence-corrected chi connectivity index (χ2v) is 6.46. The molecule has 2 saturated heterocycles. The van der Waals surface area contributed by atoms with Crippen molar-refractivity contribution >= 4 is 17.8 Å². The second-order valence-electron chi connectivity index (χ2n) is 6.46. The van der Waals surface area contributed by atoms with E-state index >= 15 is 0 Å². The highest BCUT2D eigenvalue weighted by molar-refractivity contribution is 5.82. The molecule has 2 fully saturated rings. The lowest BCUT2D eigenvalue weighted by atomic mass is 9.74. The Morgan fingerprint density at radius 1 is 1.35 bits per heavy atom. The molecule has 2 aliphatic heterocycles. The SMILES string of the molecule is CCCNC(=O)CCCC(=O)N1C[C@H]2COCC[C@@]2(C(=O)O)C1. The summed E-state index contributed by atoms with van der Waals surface area (Å²) in [5, 5.41) is 12.4. The zero-order chi connectivity index (χ0) is 16.9. The summed E-state index contributed by atoms with van der Waals surface area (Å²) in [7, 11) is 0. The van der Waals surface area contributed by atoms with E-state index in [1.54, 1.807) is 4.90 Å². The minimum atomic E-state index is -0.855. The predicted molar refractivity (Wildman–Crippen MR) is 82.7 cm³/mol. The fourth-order valence-corrected chi connectivity index (χ4v) is 3.40. The van der Waals surface area contributed by atoms with Crippen LogP contribution in [-0.4, -0.2) is 60.6 Å². The third-order valence-corrected chi connectivity index (χ3v) is 4.85. The fraction of sp³-hybridized carbons (Fsp3) is 0.812. The number of likely N-dealkylation sites (tertiary alicyclic amines) is 1. The van der Waals surface area contributed by atoms with Crippen LogP contribution in [0.1, 0.15) is 39.0 Å². The summed E-state index contributed by atoms with van der Waals surface area (Å²) in [5.41, 5.74) is -0.855. The number of ether oxygens (including phenoxy) is 1. The monoisotopic (exact) mass is 326 g/mol. The number of nitrogens with one attached hydrogen (secondary N) is 1. The smallest absolute Gasteiger partial charge is 0.311 e. The summed E-state index contributed by atoms with van der Waals surface area (Å²) < 4.78 is 5.38. The van der Waals surface area contributed by atoms with Gasteiger partial charge in [0.2, 0.25) is 11.8 Å². The number of nitrogens with zero attached hydrogens (tertiary/aromatic N) is 1. The van der Waals surface area contributed by atoms with Gasteiger partial charge in [0.05, 0.1) is 12.0 Å². The van der Waals surface area contributed by atoms with Gasteiger partial charge in [0.15, 0.2) is 0 Å². The maximum absolute atomic E-state index is 12.3. The summed E-state index contributed by atoms with van der Waals surface area (Å²) in [6, 6.07) is 0. The maximum Gasteiger partial charge on any atom is 0.311 e. The van der Waals surface area contributed by atoms with E-state index in [1.807, 2.05) is 6.92 Å². The van der Waals surface area contributed by atoms with Crippen molar-refractivity contribution in [3.8, 4) is 0 Å². The molecule has 7 nitrogen and oxygen atoms in total. The van der Waals surface area contributed by atoms with Gasteiger partial charge in [-0.1, -0.05) is 6.92 Å². The van der Waals surface area contributed by atoms with E-state index in [2.05, 4.69) is 5.32 Å². The lowest BCUT2D eigenvalue weighted by Gasteiger charge is -2.33. The van der Waals surface area contributed by atoms with Crippen LogP contribution < -0.4 is 5.32 Å². The molecule has 0 radical (unpaired) electrons. The molecule has 0 aromatic rings. The molecule has 0 bridgehead atoms. The Kier molecular flexibility index (Phi) is 5.98. The van der Waals surface area contributed by atoms with Crippen molar-refractivity contribution in [2.24, 2.45) is 11.3 Å². The Balaban J connectivity index is 1.82. The van der Waals surface area contributed by atoms with Gasteiger partial charge in [-0.25, -0.2) is 0 Å². The Labute approximate surface area is 136 Å². The molecule has 0 saturated carbocycles. The molecule has 2 rings (SSSR count). The average molecular weight is 326 g/mol. The van der Waals surface area contributed by atoms with Crippen molar-refractivity contribution in [1.29, 1.82) is 0 Å². The van der Waals surface area contributed by atoms with E-state index in [0.717, 1.165) is 6.42 Å². The normalized spacial score (nSPS) is 26.7. The molecular weight excluding hydrogens is 300 g/mol. The van der Waals surface area contributed by atoms with E-state index in [9.17, 15) is 19.5 Å². The zero-order valence-corrected chi connectivity index (χ0v) is 13.7. The van der Waals surface area contributed by atoms with Crippen molar-refractivity contribution in [2.45, 2.75) is 39.0 Å². The fourth-order valence-electron chi connectivity index (χ4n) is 3.40. The Morgan fingerprint density at radius 3 is 2.78 bits per heavy atom. The van der Waals surface area contributed by atoms with E-state index in [0.29, 0.717) is 45.6 Å². The van der Waals surface area contributed by atoms with Crippen LogP contribution in [0.2, 0.25) is 0 Å². The predicted octanol–water partition coefficient (Wildman–Crippen LogP) is 0.633. The summed E-state index contributed by atoms with van der Waals surface area (Å²) in [6.07, 6.45) is 2.44. The van der Waals surface area contributed by atoms with Crippen molar-refractivity contribution in [3.05, 3.63) is 0 Å². The number of fused-ring (bicyclic) bond motifs is 1. The largest absolute Gasteiger partial charge is 0.481 e. The van der Waals surface area contributed by atoms with Gasteiger partial charge in [-0.3, -0.25) is 14.4 Å². The highest BCUT2D eigenvalue weighted by atomic mass is 16.5. The molecule has 0 spiro atoms. The topological polar surface area (TPSA) is 95.9 Å². The summed E-state index contributed by atoms with van der Waals surface area (Å²) >= 11 is 0. The third kappa shape index (κ3) is 4.02. The molecule has 130 valence electrons. The quantitative estimate of drug-likeness (QED) is 0.715. The van der Waals surface area contributed by atoms with Crippen LogP contribution in [0.25, 0.3) is 0 Å². The van der Waals surface area contributed by atoms with Gasteiger partial charge in [-0.15, -0.1) is 0 Å². The van der Waals surface area contributed by atoms with Crippen LogP contribution in [0.5, 0.6) is 0 Å². The van der Waals surface area contributed by atoms with Gasteiger partial charge < -0.3 is 20.1 Å². The molecule has 7 heteroatoms. The molecule has 23 heavy (non-hydrogen) atoms. The van der Waals surface area contributed by atoms with Gasteiger partial charge in [0, 0.05) is 45.0 Å². The Morgan fingerprint density at radius 2 is 2.13 bits per heavy atom. The number of carbonyl (C=O) groups is 3.